The van der Waals surface area contributed by atoms with Gasteiger partial charge in [-0.2, -0.15) is 0 Å². The molecule has 8 nitrogen and oxygen atoms in total. The summed E-state index contributed by atoms with van der Waals surface area (Å²) in [5.74, 6) is -0.318. The van der Waals surface area contributed by atoms with Crippen molar-refractivity contribution in [2.45, 2.75) is 31.7 Å². The molecule has 0 saturated heterocycles. The maximum atomic E-state index is 12.4. The van der Waals surface area contributed by atoms with E-state index in [1.807, 2.05) is 0 Å². The number of anilines is 1. The standard InChI is InChI=1S/C14H18N4O4S2/c1-8(2)18-24(20,21)12-7-10(5-6-11(12)22-4)13(19)15-14-17-16-9(3)23-14/h5-8,18H,1-4H3,(H,15,17,19). The quantitative estimate of drug-likeness (QED) is 0.802. The number of carbonyl (C=O) groups is 1. The van der Waals surface area contributed by atoms with Crippen molar-refractivity contribution >= 4 is 32.4 Å². The highest BCUT2D eigenvalue weighted by atomic mass is 32.2. The molecule has 0 fully saturated rings. The molecule has 0 radical (unpaired) electrons. The zero-order valence-corrected chi connectivity index (χ0v) is 15.3. The summed E-state index contributed by atoms with van der Waals surface area (Å²) in [5, 5.41) is 11.3. The van der Waals surface area contributed by atoms with Gasteiger partial charge in [-0.3, -0.25) is 10.1 Å². The summed E-state index contributed by atoms with van der Waals surface area (Å²) in [5.41, 5.74) is 0.174. The molecular weight excluding hydrogens is 352 g/mol. The molecule has 10 heteroatoms. The SMILES string of the molecule is COc1ccc(C(=O)Nc2nnc(C)s2)cc1S(=O)(=O)NC(C)C. The second kappa shape index (κ2) is 7.24. The Balaban J connectivity index is 2.35. The van der Waals surface area contributed by atoms with Gasteiger partial charge < -0.3 is 4.74 Å². The van der Waals surface area contributed by atoms with Gasteiger partial charge in [0.05, 0.1) is 7.11 Å². The zero-order chi connectivity index (χ0) is 17.9. The third kappa shape index (κ3) is 4.28. The summed E-state index contributed by atoms with van der Waals surface area (Å²) >= 11 is 1.23. The number of nitrogens with one attached hydrogen (secondary N) is 2. The second-order valence-electron chi connectivity index (χ2n) is 5.22. The van der Waals surface area contributed by atoms with Gasteiger partial charge in [0.25, 0.3) is 5.91 Å². The Morgan fingerprint density at radius 1 is 1.29 bits per heavy atom. The first-order chi connectivity index (χ1) is 11.2. The summed E-state index contributed by atoms with van der Waals surface area (Å²) in [6.45, 7) is 5.18. The molecule has 130 valence electrons. The van der Waals surface area contributed by atoms with Gasteiger partial charge in [0.1, 0.15) is 15.7 Å². The molecule has 0 aliphatic carbocycles. The van der Waals surface area contributed by atoms with Crippen molar-refractivity contribution in [1.29, 1.82) is 0 Å². The lowest BCUT2D eigenvalue weighted by atomic mass is 10.2. The van der Waals surface area contributed by atoms with E-state index in [4.69, 9.17) is 4.74 Å². The lowest BCUT2D eigenvalue weighted by Gasteiger charge is -2.13. The van der Waals surface area contributed by atoms with Crippen LogP contribution >= 0.6 is 11.3 Å². The molecule has 0 spiro atoms. The molecule has 2 N–H and O–H groups in total. The Labute approximate surface area is 144 Å². The minimum absolute atomic E-state index is 0.0974. The third-order valence-electron chi connectivity index (χ3n) is 2.85. The van der Waals surface area contributed by atoms with E-state index >= 15 is 0 Å². The molecule has 0 atom stereocenters. The van der Waals surface area contributed by atoms with Crippen molar-refractivity contribution < 1.29 is 17.9 Å². The molecule has 0 unspecified atom stereocenters. The van der Waals surface area contributed by atoms with Gasteiger partial charge in [0, 0.05) is 11.6 Å². The largest absolute Gasteiger partial charge is 0.495 e. The minimum Gasteiger partial charge on any atom is -0.495 e. The van der Waals surface area contributed by atoms with Gasteiger partial charge in [-0.05, 0) is 39.0 Å². The Kier molecular flexibility index (Phi) is 5.52. The van der Waals surface area contributed by atoms with Crippen LogP contribution in [0.4, 0.5) is 5.13 Å². The fourth-order valence-corrected chi connectivity index (χ4v) is 3.95. The zero-order valence-electron chi connectivity index (χ0n) is 13.7. The average Bonchev–Trinajstić information content (AvgIpc) is 2.90. The van der Waals surface area contributed by atoms with Gasteiger partial charge in [-0.15, -0.1) is 10.2 Å². The molecule has 24 heavy (non-hydrogen) atoms. The predicted octanol–water partition coefficient (Wildman–Crippen LogP) is 1.79. The van der Waals surface area contributed by atoms with Crippen LogP contribution in [0.2, 0.25) is 0 Å². The Bertz CT molecular complexity index is 846. The number of ether oxygens (including phenoxy) is 1. The molecule has 1 aromatic carbocycles. The molecule has 1 aromatic heterocycles. The van der Waals surface area contributed by atoms with Gasteiger partial charge in [0.15, 0.2) is 0 Å². The van der Waals surface area contributed by atoms with Crippen LogP contribution < -0.4 is 14.8 Å². The number of aromatic nitrogens is 2. The second-order valence-corrected chi connectivity index (χ2v) is 8.09. The van der Waals surface area contributed by atoms with E-state index in [0.29, 0.717) is 10.1 Å². The molecule has 2 aromatic rings. The number of hydrogen-bond donors (Lipinski definition) is 2. The monoisotopic (exact) mass is 370 g/mol. The van der Waals surface area contributed by atoms with Gasteiger partial charge in [-0.25, -0.2) is 13.1 Å². The predicted molar refractivity (Wildman–Crippen MR) is 91.1 cm³/mol. The Morgan fingerprint density at radius 3 is 2.54 bits per heavy atom. The number of amides is 1. The number of methoxy groups -OCH3 is 1. The van der Waals surface area contributed by atoms with Gasteiger partial charge in [-0.1, -0.05) is 11.3 Å². The molecule has 2 rings (SSSR count). The van der Waals surface area contributed by atoms with Crippen molar-refractivity contribution in [2.75, 3.05) is 12.4 Å². The van der Waals surface area contributed by atoms with Crippen molar-refractivity contribution in [2.24, 2.45) is 0 Å². The summed E-state index contributed by atoms with van der Waals surface area (Å²) in [6.07, 6.45) is 0. The van der Waals surface area contributed by atoms with Crippen LogP contribution in [-0.4, -0.2) is 37.7 Å². The van der Waals surface area contributed by atoms with Crippen molar-refractivity contribution in [3.05, 3.63) is 28.8 Å². The smallest absolute Gasteiger partial charge is 0.257 e. The molecule has 1 amide bonds. The lowest BCUT2D eigenvalue weighted by molar-refractivity contribution is 0.102. The maximum Gasteiger partial charge on any atom is 0.257 e. The Morgan fingerprint density at radius 2 is 2.00 bits per heavy atom. The maximum absolute atomic E-state index is 12.4. The van der Waals surface area contributed by atoms with E-state index in [0.717, 1.165) is 0 Å². The minimum atomic E-state index is -3.81. The van der Waals surface area contributed by atoms with Crippen molar-refractivity contribution in [3.63, 3.8) is 0 Å². The highest BCUT2D eigenvalue weighted by Gasteiger charge is 2.22. The van der Waals surface area contributed by atoms with Crippen molar-refractivity contribution in [3.8, 4) is 5.75 Å². The summed E-state index contributed by atoms with van der Waals surface area (Å²) < 4.78 is 32.4. The number of sulfonamides is 1. The summed E-state index contributed by atoms with van der Waals surface area (Å²) in [7, 11) is -2.44. The van der Waals surface area contributed by atoms with E-state index in [-0.39, 0.29) is 22.3 Å². The van der Waals surface area contributed by atoms with Crippen molar-refractivity contribution in [1.82, 2.24) is 14.9 Å². The number of aryl methyl sites for hydroxylation is 1. The van der Waals surface area contributed by atoms with Crippen LogP contribution in [0.3, 0.4) is 0 Å². The molecule has 0 aliphatic heterocycles. The number of hydrogen-bond acceptors (Lipinski definition) is 7. The fourth-order valence-electron chi connectivity index (χ4n) is 1.92. The van der Waals surface area contributed by atoms with Crippen LogP contribution in [0.15, 0.2) is 23.1 Å². The van der Waals surface area contributed by atoms with Gasteiger partial charge in [0.2, 0.25) is 15.2 Å². The first-order valence-electron chi connectivity index (χ1n) is 7.04. The van der Waals surface area contributed by atoms with Crippen LogP contribution in [-0.2, 0) is 10.0 Å². The van der Waals surface area contributed by atoms with Gasteiger partial charge >= 0.3 is 0 Å². The lowest BCUT2D eigenvalue weighted by Crippen LogP contribution is -2.30. The topological polar surface area (TPSA) is 110 Å². The van der Waals surface area contributed by atoms with Crippen LogP contribution in [0.1, 0.15) is 29.2 Å². The molecule has 0 bridgehead atoms. The highest BCUT2D eigenvalue weighted by Crippen LogP contribution is 2.26. The molecule has 1 heterocycles. The molecular formula is C14H18N4O4S2. The Hall–Kier alpha value is -2.04. The van der Waals surface area contributed by atoms with E-state index in [2.05, 4.69) is 20.2 Å². The van der Waals surface area contributed by atoms with E-state index < -0.39 is 15.9 Å². The first-order valence-corrected chi connectivity index (χ1v) is 9.34. The number of nitrogens with zero attached hydrogens (tertiary/aromatic N) is 2. The summed E-state index contributed by atoms with van der Waals surface area (Å²) in [6, 6.07) is 3.90. The average molecular weight is 370 g/mol. The number of carbonyl (C=O) groups excluding carboxylic acids is 1. The number of rotatable bonds is 6. The van der Waals surface area contributed by atoms with E-state index in [1.54, 1.807) is 20.8 Å². The molecule has 0 saturated carbocycles. The number of benzene rings is 1. The van der Waals surface area contributed by atoms with E-state index in [1.165, 1.54) is 36.6 Å². The fraction of sp³-hybridized carbons (Fsp3) is 0.357. The first kappa shape index (κ1) is 18.3. The van der Waals surface area contributed by atoms with Crippen LogP contribution in [0.5, 0.6) is 5.75 Å². The highest BCUT2D eigenvalue weighted by molar-refractivity contribution is 7.89. The van der Waals surface area contributed by atoms with Crippen LogP contribution in [0, 0.1) is 6.92 Å². The molecule has 0 aliphatic rings. The summed E-state index contributed by atoms with van der Waals surface area (Å²) in [4.78, 5) is 12.2. The van der Waals surface area contributed by atoms with Crippen LogP contribution in [0.25, 0.3) is 0 Å². The van der Waals surface area contributed by atoms with E-state index in [9.17, 15) is 13.2 Å². The third-order valence-corrected chi connectivity index (χ3v) is 5.29. The normalized spacial score (nSPS) is 11.5.